The first-order valence-corrected chi connectivity index (χ1v) is 10.7. The second kappa shape index (κ2) is 7.88. The Labute approximate surface area is 167 Å². The van der Waals surface area contributed by atoms with Crippen LogP contribution in [0.25, 0.3) is 22.0 Å². The molecule has 144 valence electrons. The van der Waals surface area contributed by atoms with Gasteiger partial charge in [-0.1, -0.05) is 49.2 Å². The van der Waals surface area contributed by atoms with Crippen molar-refractivity contribution in [2.45, 2.75) is 38.1 Å². The van der Waals surface area contributed by atoms with Crippen LogP contribution in [0, 0.1) is 0 Å². The number of anilines is 1. The van der Waals surface area contributed by atoms with Gasteiger partial charge in [0.1, 0.15) is 0 Å². The molecule has 4 nitrogen and oxygen atoms in total. The Kier molecular flexibility index (Phi) is 4.96. The molecule has 1 atom stereocenters. The Morgan fingerprint density at radius 3 is 2.50 bits per heavy atom. The molecule has 3 aromatic rings. The SMILES string of the molecule is c1ccc2cc(-c3ccnc(N4CC[C@@H](N5CCCCCC5)C4)n3)ccc2c1. The molecule has 0 spiro atoms. The van der Waals surface area contributed by atoms with Gasteiger partial charge in [-0.3, -0.25) is 4.90 Å². The van der Waals surface area contributed by atoms with Crippen molar-refractivity contribution in [3.63, 3.8) is 0 Å². The molecule has 4 heteroatoms. The van der Waals surface area contributed by atoms with Crippen LogP contribution in [0.3, 0.4) is 0 Å². The fraction of sp³-hybridized carbons (Fsp3) is 0.417. The highest BCUT2D eigenvalue weighted by atomic mass is 15.3. The number of fused-ring (bicyclic) bond motifs is 1. The third-order valence-electron chi connectivity index (χ3n) is 6.29. The van der Waals surface area contributed by atoms with Gasteiger partial charge in [-0.05, 0) is 55.3 Å². The van der Waals surface area contributed by atoms with Gasteiger partial charge in [-0.25, -0.2) is 9.97 Å². The van der Waals surface area contributed by atoms with E-state index < -0.39 is 0 Å². The second-order valence-corrected chi connectivity index (χ2v) is 8.14. The molecule has 28 heavy (non-hydrogen) atoms. The van der Waals surface area contributed by atoms with E-state index in [4.69, 9.17) is 4.98 Å². The van der Waals surface area contributed by atoms with Crippen molar-refractivity contribution in [1.29, 1.82) is 0 Å². The summed E-state index contributed by atoms with van der Waals surface area (Å²) in [5.74, 6) is 0.878. The molecule has 2 saturated heterocycles. The zero-order valence-corrected chi connectivity index (χ0v) is 16.4. The van der Waals surface area contributed by atoms with Gasteiger partial charge in [0.15, 0.2) is 0 Å². The third-order valence-corrected chi connectivity index (χ3v) is 6.29. The van der Waals surface area contributed by atoms with Gasteiger partial charge in [0.05, 0.1) is 5.69 Å². The molecule has 3 heterocycles. The zero-order valence-electron chi connectivity index (χ0n) is 16.4. The van der Waals surface area contributed by atoms with Gasteiger partial charge < -0.3 is 4.90 Å². The largest absolute Gasteiger partial charge is 0.339 e. The molecular weight excluding hydrogens is 344 g/mol. The maximum absolute atomic E-state index is 4.93. The Morgan fingerprint density at radius 1 is 0.821 bits per heavy atom. The molecular formula is C24H28N4. The van der Waals surface area contributed by atoms with Gasteiger partial charge in [0.25, 0.3) is 0 Å². The van der Waals surface area contributed by atoms with Crippen molar-refractivity contribution in [2.75, 3.05) is 31.1 Å². The van der Waals surface area contributed by atoms with Gasteiger partial charge in [-0.2, -0.15) is 0 Å². The van der Waals surface area contributed by atoms with E-state index in [0.29, 0.717) is 6.04 Å². The van der Waals surface area contributed by atoms with E-state index >= 15 is 0 Å². The maximum atomic E-state index is 4.93. The summed E-state index contributed by atoms with van der Waals surface area (Å²) in [4.78, 5) is 14.6. The van der Waals surface area contributed by atoms with E-state index in [1.165, 1.54) is 56.0 Å². The summed E-state index contributed by atoms with van der Waals surface area (Å²) in [5.41, 5.74) is 2.17. The number of hydrogen-bond donors (Lipinski definition) is 0. The molecule has 0 unspecified atom stereocenters. The second-order valence-electron chi connectivity index (χ2n) is 8.14. The van der Waals surface area contributed by atoms with Crippen molar-refractivity contribution in [3.8, 4) is 11.3 Å². The summed E-state index contributed by atoms with van der Waals surface area (Å²) < 4.78 is 0. The molecule has 0 saturated carbocycles. The normalized spacial score (nSPS) is 21.1. The third kappa shape index (κ3) is 3.61. The molecule has 2 aromatic carbocycles. The van der Waals surface area contributed by atoms with Crippen molar-refractivity contribution in [1.82, 2.24) is 14.9 Å². The number of nitrogens with zero attached hydrogens (tertiary/aromatic N) is 4. The summed E-state index contributed by atoms with van der Waals surface area (Å²) in [6.07, 6.45) is 8.62. The highest BCUT2D eigenvalue weighted by Gasteiger charge is 2.29. The molecule has 5 rings (SSSR count). The molecule has 0 amide bonds. The van der Waals surface area contributed by atoms with Gasteiger partial charge in [0.2, 0.25) is 5.95 Å². The monoisotopic (exact) mass is 372 g/mol. The molecule has 2 aliphatic rings. The standard InChI is InChI=1S/C24H28N4/c1-2-6-15-27(14-5-1)22-12-16-28(18-22)24-25-13-11-23(26-24)21-10-9-19-7-3-4-8-20(19)17-21/h3-4,7-11,13,17,22H,1-2,5-6,12,14-16,18H2/t22-/m1/s1. The molecule has 0 aliphatic carbocycles. The molecule has 1 aromatic heterocycles. The molecule has 0 radical (unpaired) electrons. The van der Waals surface area contributed by atoms with E-state index in [-0.39, 0.29) is 0 Å². The lowest BCUT2D eigenvalue weighted by Gasteiger charge is -2.27. The van der Waals surface area contributed by atoms with Gasteiger partial charge in [0, 0.05) is 30.9 Å². The molecule has 2 fully saturated rings. The van der Waals surface area contributed by atoms with Crippen molar-refractivity contribution in [2.24, 2.45) is 0 Å². The predicted octanol–water partition coefficient (Wildman–Crippen LogP) is 4.75. The molecule has 0 bridgehead atoms. The highest BCUT2D eigenvalue weighted by molar-refractivity contribution is 5.86. The summed E-state index contributed by atoms with van der Waals surface area (Å²) in [6.45, 7) is 4.64. The lowest BCUT2D eigenvalue weighted by molar-refractivity contribution is 0.218. The van der Waals surface area contributed by atoms with E-state index in [9.17, 15) is 0 Å². The van der Waals surface area contributed by atoms with E-state index in [0.717, 1.165) is 30.3 Å². The Hall–Kier alpha value is -2.46. The smallest absolute Gasteiger partial charge is 0.225 e. The van der Waals surface area contributed by atoms with Crippen molar-refractivity contribution < 1.29 is 0 Å². The van der Waals surface area contributed by atoms with Gasteiger partial charge in [-0.15, -0.1) is 0 Å². The first kappa shape index (κ1) is 17.6. The predicted molar refractivity (Wildman–Crippen MR) is 116 cm³/mol. The van der Waals surface area contributed by atoms with Crippen LogP contribution in [0.4, 0.5) is 5.95 Å². The average Bonchev–Trinajstić information content (AvgIpc) is 3.09. The number of aromatic nitrogens is 2. The Balaban J connectivity index is 1.35. The van der Waals surface area contributed by atoms with Crippen LogP contribution in [-0.2, 0) is 0 Å². The first-order valence-electron chi connectivity index (χ1n) is 10.7. The average molecular weight is 373 g/mol. The number of hydrogen-bond acceptors (Lipinski definition) is 4. The summed E-state index contributed by atoms with van der Waals surface area (Å²) in [6, 6.07) is 17.7. The van der Waals surface area contributed by atoms with Crippen LogP contribution in [0.15, 0.2) is 54.7 Å². The lowest BCUT2D eigenvalue weighted by Crippen LogP contribution is -2.38. The van der Waals surface area contributed by atoms with E-state index in [1.807, 2.05) is 12.3 Å². The summed E-state index contributed by atoms with van der Waals surface area (Å²) in [7, 11) is 0. The minimum Gasteiger partial charge on any atom is -0.339 e. The van der Waals surface area contributed by atoms with E-state index in [1.54, 1.807) is 0 Å². The maximum Gasteiger partial charge on any atom is 0.225 e. The fourth-order valence-corrected chi connectivity index (χ4v) is 4.69. The van der Waals surface area contributed by atoms with Crippen LogP contribution in [0.2, 0.25) is 0 Å². The topological polar surface area (TPSA) is 32.3 Å². The number of likely N-dealkylation sites (tertiary alicyclic amines) is 1. The van der Waals surface area contributed by atoms with Crippen LogP contribution in [0.1, 0.15) is 32.1 Å². The minimum absolute atomic E-state index is 0.658. The minimum atomic E-state index is 0.658. The van der Waals surface area contributed by atoms with Crippen LogP contribution < -0.4 is 4.90 Å². The number of benzene rings is 2. The number of rotatable bonds is 3. The van der Waals surface area contributed by atoms with Crippen molar-refractivity contribution in [3.05, 3.63) is 54.7 Å². The lowest BCUT2D eigenvalue weighted by atomic mass is 10.1. The van der Waals surface area contributed by atoms with Crippen LogP contribution in [0.5, 0.6) is 0 Å². The van der Waals surface area contributed by atoms with Crippen LogP contribution >= 0.6 is 0 Å². The Morgan fingerprint density at radius 2 is 1.64 bits per heavy atom. The highest BCUT2D eigenvalue weighted by Crippen LogP contribution is 2.26. The molecule has 2 aliphatic heterocycles. The summed E-state index contributed by atoms with van der Waals surface area (Å²) >= 11 is 0. The quantitative estimate of drug-likeness (QED) is 0.664. The van der Waals surface area contributed by atoms with Crippen LogP contribution in [-0.4, -0.2) is 47.1 Å². The van der Waals surface area contributed by atoms with Gasteiger partial charge >= 0.3 is 0 Å². The van der Waals surface area contributed by atoms with Crippen molar-refractivity contribution >= 4 is 16.7 Å². The fourth-order valence-electron chi connectivity index (χ4n) is 4.69. The summed E-state index contributed by atoms with van der Waals surface area (Å²) in [5, 5.41) is 2.52. The van der Waals surface area contributed by atoms with E-state index in [2.05, 4.69) is 57.2 Å². The molecule has 0 N–H and O–H groups in total. The zero-order chi connectivity index (χ0) is 18.8. The first-order chi connectivity index (χ1) is 13.9. The Bertz CT molecular complexity index is 946.